The molecule has 2 amide bonds. The average molecular weight is 423 g/mol. The van der Waals surface area contributed by atoms with E-state index in [1.807, 2.05) is 31.2 Å². The summed E-state index contributed by atoms with van der Waals surface area (Å²) in [5.41, 5.74) is 2.47. The Balaban J connectivity index is 1.79. The van der Waals surface area contributed by atoms with E-state index in [4.69, 9.17) is 0 Å². The highest BCUT2D eigenvalue weighted by molar-refractivity contribution is 5.92. The van der Waals surface area contributed by atoms with E-state index in [2.05, 4.69) is 10.1 Å². The lowest BCUT2D eigenvalue weighted by Gasteiger charge is -2.22. The molecule has 0 aliphatic heterocycles. The van der Waals surface area contributed by atoms with Gasteiger partial charge in [-0.3, -0.25) is 14.5 Å². The Kier molecular flexibility index (Phi) is 7.82. The minimum Gasteiger partial charge on any atom is -0.406 e. The van der Waals surface area contributed by atoms with Gasteiger partial charge >= 0.3 is 6.36 Å². The number of nitrogens with zero attached hydrogens (tertiary/aromatic N) is 2. The third-order valence-corrected chi connectivity index (χ3v) is 4.16. The van der Waals surface area contributed by atoms with Crippen molar-refractivity contribution in [3.8, 4) is 5.75 Å². The van der Waals surface area contributed by atoms with Gasteiger partial charge in [-0.15, -0.1) is 13.2 Å². The van der Waals surface area contributed by atoms with Crippen molar-refractivity contribution in [1.82, 2.24) is 9.80 Å². The van der Waals surface area contributed by atoms with Crippen molar-refractivity contribution < 1.29 is 27.5 Å². The van der Waals surface area contributed by atoms with Crippen LogP contribution in [-0.2, 0) is 16.1 Å². The van der Waals surface area contributed by atoms with Crippen LogP contribution in [0.15, 0.2) is 48.5 Å². The second-order valence-corrected chi connectivity index (χ2v) is 7.03. The van der Waals surface area contributed by atoms with E-state index in [1.165, 1.54) is 12.1 Å². The average Bonchev–Trinajstić information content (AvgIpc) is 2.63. The highest BCUT2D eigenvalue weighted by Gasteiger charge is 2.31. The third kappa shape index (κ3) is 8.12. The fraction of sp³-hybridized carbons (Fsp3) is 0.333. The van der Waals surface area contributed by atoms with Crippen LogP contribution in [0.5, 0.6) is 5.75 Å². The number of hydrogen-bond donors (Lipinski definition) is 1. The maximum absolute atomic E-state index is 12.4. The summed E-state index contributed by atoms with van der Waals surface area (Å²) in [5.74, 6) is -0.907. The molecular weight excluding hydrogens is 399 g/mol. The molecule has 0 aliphatic rings. The minimum atomic E-state index is -4.77. The zero-order valence-corrected chi connectivity index (χ0v) is 17.0. The van der Waals surface area contributed by atoms with Crippen LogP contribution in [0, 0.1) is 6.92 Å². The summed E-state index contributed by atoms with van der Waals surface area (Å²) >= 11 is 0. The van der Waals surface area contributed by atoms with Gasteiger partial charge in [0.05, 0.1) is 13.1 Å². The lowest BCUT2D eigenvalue weighted by Crippen LogP contribution is -2.39. The first-order valence-corrected chi connectivity index (χ1v) is 9.15. The van der Waals surface area contributed by atoms with E-state index < -0.39 is 12.3 Å². The second kappa shape index (κ2) is 10.1. The molecule has 0 atom stereocenters. The minimum absolute atomic E-state index is 0.0497. The van der Waals surface area contributed by atoms with Crippen LogP contribution in [0.3, 0.4) is 0 Å². The molecule has 0 radical (unpaired) electrons. The standard InChI is InChI=1S/C21H24F3N3O3/c1-15-4-6-16(7-5-15)12-27(3)20(29)14-26(2)13-19(28)25-17-8-10-18(11-9-17)30-21(22,23)24/h4-11H,12-14H2,1-3H3,(H,25,28). The number of halogens is 3. The number of amides is 2. The molecule has 0 heterocycles. The molecule has 0 aromatic heterocycles. The molecule has 0 unspecified atom stereocenters. The van der Waals surface area contributed by atoms with Gasteiger partial charge < -0.3 is 15.0 Å². The SMILES string of the molecule is Cc1ccc(CN(C)C(=O)CN(C)CC(=O)Nc2ccc(OC(F)(F)F)cc2)cc1. The zero-order chi connectivity index (χ0) is 22.3. The number of benzene rings is 2. The number of nitrogens with one attached hydrogen (secondary N) is 1. The summed E-state index contributed by atoms with van der Waals surface area (Å²) in [4.78, 5) is 27.6. The van der Waals surface area contributed by atoms with E-state index in [0.717, 1.165) is 23.3 Å². The van der Waals surface area contributed by atoms with Gasteiger partial charge in [-0.05, 0) is 43.8 Å². The normalized spacial score (nSPS) is 11.3. The van der Waals surface area contributed by atoms with Gasteiger partial charge in [-0.2, -0.15) is 0 Å². The lowest BCUT2D eigenvalue weighted by atomic mass is 10.1. The highest BCUT2D eigenvalue weighted by Crippen LogP contribution is 2.23. The molecule has 0 saturated heterocycles. The van der Waals surface area contributed by atoms with Crippen molar-refractivity contribution in [3.63, 3.8) is 0 Å². The Hall–Kier alpha value is -3.07. The van der Waals surface area contributed by atoms with E-state index in [9.17, 15) is 22.8 Å². The molecule has 0 saturated carbocycles. The topological polar surface area (TPSA) is 61.9 Å². The molecule has 1 N–H and O–H groups in total. The molecule has 0 aliphatic carbocycles. The first-order chi connectivity index (χ1) is 14.0. The number of rotatable bonds is 8. The highest BCUT2D eigenvalue weighted by atomic mass is 19.4. The number of ether oxygens (including phenoxy) is 1. The van der Waals surface area contributed by atoms with Gasteiger partial charge in [-0.1, -0.05) is 29.8 Å². The summed E-state index contributed by atoms with van der Waals surface area (Å²) in [6.45, 7) is 2.45. The maximum Gasteiger partial charge on any atom is 0.573 e. The Labute approximate surface area is 173 Å². The Morgan fingerprint density at radius 3 is 2.13 bits per heavy atom. The summed E-state index contributed by atoms with van der Waals surface area (Å²) < 4.78 is 40.3. The number of carbonyl (C=O) groups excluding carboxylic acids is 2. The van der Waals surface area contributed by atoms with Crippen LogP contribution in [0.25, 0.3) is 0 Å². The molecule has 9 heteroatoms. The van der Waals surface area contributed by atoms with Crippen molar-refractivity contribution in [3.05, 3.63) is 59.7 Å². The smallest absolute Gasteiger partial charge is 0.406 e. The molecule has 0 bridgehead atoms. The van der Waals surface area contributed by atoms with Gasteiger partial charge in [0.1, 0.15) is 5.75 Å². The summed E-state index contributed by atoms with van der Waals surface area (Å²) in [5, 5.41) is 2.57. The van der Waals surface area contributed by atoms with E-state index >= 15 is 0 Å². The molecule has 30 heavy (non-hydrogen) atoms. The fourth-order valence-electron chi connectivity index (χ4n) is 2.65. The zero-order valence-electron chi connectivity index (χ0n) is 17.0. The first kappa shape index (κ1) is 23.2. The molecule has 0 fully saturated rings. The molecule has 2 aromatic carbocycles. The number of alkyl halides is 3. The van der Waals surface area contributed by atoms with Crippen LogP contribution in [0.1, 0.15) is 11.1 Å². The molecule has 6 nitrogen and oxygen atoms in total. The molecular formula is C21H24F3N3O3. The van der Waals surface area contributed by atoms with Crippen LogP contribution in [-0.4, -0.2) is 55.2 Å². The number of carbonyl (C=O) groups is 2. The van der Waals surface area contributed by atoms with Gasteiger partial charge in [0.15, 0.2) is 0 Å². The van der Waals surface area contributed by atoms with Crippen molar-refractivity contribution >= 4 is 17.5 Å². The van der Waals surface area contributed by atoms with Crippen LogP contribution < -0.4 is 10.1 Å². The van der Waals surface area contributed by atoms with Crippen molar-refractivity contribution in [2.24, 2.45) is 0 Å². The van der Waals surface area contributed by atoms with Crippen molar-refractivity contribution in [2.75, 3.05) is 32.5 Å². The number of likely N-dealkylation sites (N-methyl/N-ethyl adjacent to an activating group) is 2. The first-order valence-electron chi connectivity index (χ1n) is 9.15. The summed E-state index contributed by atoms with van der Waals surface area (Å²) in [6.07, 6.45) is -4.77. The van der Waals surface area contributed by atoms with Gasteiger partial charge in [0, 0.05) is 19.3 Å². The molecule has 162 valence electrons. The number of aryl methyl sites for hydroxylation is 1. The third-order valence-electron chi connectivity index (χ3n) is 4.16. The quantitative estimate of drug-likeness (QED) is 0.707. The predicted molar refractivity (Wildman–Crippen MR) is 107 cm³/mol. The largest absolute Gasteiger partial charge is 0.573 e. The van der Waals surface area contributed by atoms with Gasteiger partial charge in [0.25, 0.3) is 0 Å². The second-order valence-electron chi connectivity index (χ2n) is 7.03. The van der Waals surface area contributed by atoms with Crippen LogP contribution >= 0.6 is 0 Å². The number of anilines is 1. The molecule has 2 aromatic rings. The monoisotopic (exact) mass is 423 g/mol. The Bertz CT molecular complexity index is 853. The Morgan fingerprint density at radius 1 is 0.967 bits per heavy atom. The summed E-state index contributed by atoms with van der Waals surface area (Å²) in [6, 6.07) is 12.7. The van der Waals surface area contributed by atoms with Crippen LogP contribution in [0.2, 0.25) is 0 Å². The molecule has 0 spiro atoms. The fourth-order valence-corrected chi connectivity index (χ4v) is 2.65. The van der Waals surface area contributed by atoms with E-state index in [0.29, 0.717) is 12.2 Å². The lowest BCUT2D eigenvalue weighted by molar-refractivity contribution is -0.274. The van der Waals surface area contributed by atoms with E-state index in [-0.39, 0.29) is 24.7 Å². The van der Waals surface area contributed by atoms with Crippen LogP contribution in [0.4, 0.5) is 18.9 Å². The van der Waals surface area contributed by atoms with Gasteiger partial charge in [0.2, 0.25) is 11.8 Å². The Morgan fingerprint density at radius 2 is 1.57 bits per heavy atom. The van der Waals surface area contributed by atoms with E-state index in [1.54, 1.807) is 23.9 Å². The predicted octanol–water partition coefficient (Wildman–Crippen LogP) is 3.42. The number of hydrogen-bond acceptors (Lipinski definition) is 4. The molecule has 2 rings (SSSR count). The summed E-state index contributed by atoms with van der Waals surface area (Å²) in [7, 11) is 3.33. The van der Waals surface area contributed by atoms with Crippen molar-refractivity contribution in [1.29, 1.82) is 0 Å². The van der Waals surface area contributed by atoms with Crippen molar-refractivity contribution in [2.45, 2.75) is 19.8 Å². The maximum atomic E-state index is 12.4. The van der Waals surface area contributed by atoms with Gasteiger partial charge in [-0.25, -0.2) is 0 Å².